The lowest BCUT2D eigenvalue weighted by atomic mass is 10.2. The highest BCUT2D eigenvalue weighted by atomic mass is 16.6. The number of rotatable bonds is 7. The Balaban J connectivity index is 3.09. The first-order valence-corrected chi connectivity index (χ1v) is 3.86. The van der Waals surface area contributed by atoms with Gasteiger partial charge in [-0.15, -0.1) is 6.58 Å². The second-order valence-electron chi connectivity index (χ2n) is 2.33. The first-order chi connectivity index (χ1) is 5.31. The van der Waals surface area contributed by atoms with E-state index in [0.717, 1.165) is 19.3 Å². The van der Waals surface area contributed by atoms with Crippen molar-refractivity contribution < 1.29 is 9.84 Å². The van der Waals surface area contributed by atoms with Gasteiger partial charge in [0, 0.05) is 6.42 Å². The predicted octanol–water partition coefficient (Wildman–Crippen LogP) is 2.21. The Labute approximate surface area is 68.2 Å². The number of ether oxygens (including phenoxy) is 1. The van der Waals surface area contributed by atoms with Crippen LogP contribution in [0, 0.1) is 0 Å². The lowest BCUT2D eigenvalue weighted by molar-refractivity contribution is -0.0568. The van der Waals surface area contributed by atoms with Crippen molar-refractivity contribution in [2.75, 3.05) is 0 Å². The molecule has 1 unspecified atom stereocenters. The Kier molecular flexibility index (Phi) is 6.84. The van der Waals surface area contributed by atoms with Crippen LogP contribution in [-0.4, -0.2) is 11.4 Å². The van der Waals surface area contributed by atoms with Crippen molar-refractivity contribution in [1.29, 1.82) is 0 Å². The van der Waals surface area contributed by atoms with E-state index in [0.29, 0.717) is 6.42 Å². The minimum absolute atomic E-state index is 0.667. The van der Waals surface area contributed by atoms with Crippen LogP contribution in [-0.2, 0) is 4.74 Å². The molecule has 0 aromatic heterocycles. The minimum Gasteiger partial charge on any atom is -0.473 e. The average molecular weight is 156 g/mol. The van der Waals surface area contributed by atoms with Crippen molar-refractivity contribution in [3.05, 3.63) is 25.5 Å². The van der Waals surface area contributed by atoms with Crippen LogP contribution in [0.25, 0.3) is 0 Å². The van der Waals surface area contributed by atoms with Crippen molar-refractivity contribution >= 4 is 0 Å². The van der Waals surface area contributed by atoms with Crippen LogP contribution in [0.5, 0.6) is 0 Å². The molecule has 2 nitrogen and oxygen atoms in total. The molecule has 0 bridgehead atoms. The van der Waals surface area contributed by atoms with E-state index in [1.54, 1.807) is 0 Å². The lowest BCUT2D eigenvalue weighted by Crippen LogP contribution is -2.07. The van der Waals surface area contributed by atoms with E-state index in [-0.39, 0.29) is 0 Å². The van der Waals surface area contributed by atoms with Gasteiger partial charge >= 0.3 is 0 Å². The summed E-state index contributed by atoms with van der Waals surface area (Å²) in [6.45, 7) is 6.95. The summed E-state index contributed by atoms with van der Waals surface area (Å²) in [4.78, 5) is 0. The largest absolute Gasteiger partial charge is 0.473 e. The topological polar surface area (TPSA) is 29.5 Å². The van der Waals surface area contributed by atoms with Gasteiger partial charge in [0.25, 0.3) is 0 Å². The van der Waals surface area contributed by atoms with Gasteiger partial charge in [0.05, 0.1) is 6.26 Å². The summed E-state index contributed by atoms with van der Waals surface area (Å²) in [5, 5.41) is 9.03. The first-order valence-electron chi connectivity index (χ1n) is 3.86. The Morgan fingerprint density at radius 1 is 1.36 bits per heavy atom. The van der Waals surface area contributed by atoms with Crippen LogP contribution in [0.4, 0.5) is 0 Å². The average Bonchev–Trinajstić information content (AvgIpc) is 1.99. The third-order valence-electron chi connectivity index (χ3n) is 1.36. The van der Waals surface area contributed by atoms with Crippen LogP contribution >= 0.6 is 0 Å². The molecular formula is C9H16O2. The Morgan fingerprint density at radius 2 is 2.09 bits per heavy atom. The molecule has 0 saturated carbocycles. The van der Waals surface area contributed by atoms with Crippen molar-refractivity contribution in [1.82, 2.24) is 0 Å². The third kappa shape index (κ3) is 7.13. The molecule has 0 aliphatic heterocycles. The summed E-state index contributed by atoms with van der Waals surface area (Å²) in [7, 11) is 0. The highest BCUT2D eigenvalue weighted by molar-refractivity contribution is 4.65. The molecule has 0 radical (unpaired) electrons. The maximum atomic E-state index is 9.03. The van der Waals surface area contributed by atoms with E-state index >= 15 is 0 Å². The highest BCUT2D eigenvalue weighted by Crippen LogP contribution is 2.04. The molecular weight excluding hydrogens is 140 g/mol. The summed E-state index contributed by atoms with van der Waals surface area (Å²) in [6.07, 6.45) is 6.14. The monoisotopic (exact) mass is 156 g/mol. The zero-order valence-corrected chi connectivity index (χ0v) is 6.83. The Bertz CT molecular complexity index is 110. The van der Waals surface area contributed by atoms with Gasteiger partial charge in [-0.2, -0.15) is 0 Å². The van der Waals surface area contributed by atoms with Gasteiger partial charge in [-0.1, -0.05) is 12.7 Å². The van der Waals surface area contributed by atoms with Gasteiger partial charge in [-0.05, 0) is 19.3 Å². The zero-order valence-electron chi connectivity index (χ0n) is 6.83. The fourth-order valence-electron chi connectivity index (χ4n) is 0.787. The number of aliphatic hydroxyl groups is 1. The molecule has 1 N–H and O–H groups in total. The molecule has 0 spiro atoms. The first kappa shape index (κ1) is 10.2. The third-order valence-corrected chi connectivity index (χ3v) is 1.36. The minimum atomic E-state index is -0.683. The molecule has 0 aromatic rings. The molecule has 0 aromatic carbocycles. The van der Waals surface area contributed by atoms with Crippen LogP contribution in [0.15, 0.2) is 25.5 Å². The normalized spacial score (nSPS) is 12.1. The number of allylic oxidation sites excluding steroid dienone is 1. The highest BCUT2D eigenvalue weighted by Gasteiger charge is 1.99. The summed E-state index contributed by atoms with van der Waals surface area (Å²) in [5.41, 5.74) is 0. The van der Waals surface area contributed by atoms with Crippen LogP contribution in [0.3, 0.4) is 0 Å². The fraction of sp³-hybridized carbons (Fsp3) is 0.556. The van der Waals surface area contributed by atoms with E-state index in [2.05, 4.69) is 13.2 Å². The Hall–Kier alpha value is -0.760. The van der Waals surface area contributed by atoms with Crippen LogP contribution < -0.4 is 0 Å². The quantitative estimate of drug-likeness (QED) is 0.265. The van der Waals surface area contributed by atoms with Gasteiger partial charge in [-0.25, -0.2) is 0 Å². The zero-order chi connectivity index (χ0) is 8.53. The molecule has 0 aliphatic rings. The molecule has 0 amide bonds. The number of hydrogen-bond acceptors (Lipinski definition) is 2. The van der Waals surface area contributed by atoms with E-state index in [4.69, 9.17) is 9.84 Å². The summed E-state index contributed by atoms with van der Waals surface area (Å²) in [6, 6.07) is 0. The molecule has 64 valence electrons. The molecule has 0 fully saturated rings. The molecule has 0 saturated heterocycles. The SMILES string of the molecule is C=CCCCCC(O)OC=C. The van der Waals surface area contributed by atoms with Crippen LogP contribution in [0.2, 0.25) is 0 Å². The fourth-order valence-corrected chi connectivity index (χ4v) is 0.787. The van der Waals surface area contributed by atoms with Crippen LogP contribution in [0.1, 0.15) is 25.7 Å². The second kappa shape index (κ2) is 7.35. The van der Waals surface area contributed by atoms with E-state index < -0.39 is 6.29 Å². The van der Waals surface area contributed by atoms with Crippen molar-refractivity contribution in [2.45, 2.75) is 32.0 Å². The van der Waals surface area contributed by atoms with Gasteiger partial charge in [-0.3, -0.25) is 0 Å². The van der Waals surface area contributed by atoms with E-state index in [9.17, 15) is 0 Å². The standard InChI is InChI=1S/C9H16O2/c1-3-5-6-7-8-9(10)11-4-2/h3-4,9-10H,1-2,5-8H2. The van der Waals surface area contributed by atoms with Crippen molar-refractivity contribution in [2.24, 2.45) is 0 Å². The molecule has 0 heterocycles. The summed E-state index contributed by atoms with van der Waals surface area (Å²) in [5.74, 6) is 0. The van der Waals surface area contributed by atoms with Gasteiger partial charge in [0.2, 0.25) is 0 Å². The van der Waals surface area contributed by atoms with Crippen molar-refractivity contribution in [3.63, 3.8) is 0 Å². The van der Waals surface area contributed by atoms with Gasteiger partial charge in [0.15, 0.2) is 6.29 Å². The molecule has 11 heavy (non-hydrogen) atoms. The number of aliphatic hydroxyl groups excluding tert-OH is 1. The maximum Gasteiger partial charge on any atom is 0.196 e. The van der Waals surface area contributed by atoms with Crippen molar-refractivity contribution in [3.8, 4) is 0 Å². The van der Waals surface area contributed by atoms with Gasteiger partial charge < -0.3 is 9.84 Å². The summed E-state index contributed by atoms with van der Waals surface area (Å²) >= 11 is 0. The summed E-state index contributed by atoms with van der Waals surface area (Å²) < 4.78 is 4.72. The number of hydrogen-bond donors (Lipinski definition) is 1. The number of unbranched alkanes of at least 4 members (excludes halogenated alkanes) is 2. The molecule has 0 aliphatic carbocycles. The smallest absolute Gasteiger partial charge is 0.196 e. The molecule has 2 heteroatoms. The maximum absolute atomic E-state index is 9.03. The molecule has 1 atom stereocenters. The Morgan fingerprint density at radius 3 is 2.64 bits per heavy atom. The lowest BCUT2D eigenvalue weighted by Gasteiger charge is -2.08. The van der Waals surface area contributed by atoms with E-state index in [1.807, 2.05) is 6.08 Å². The molecule has 0 rings (SSSR count). The van der Waals surface area contributed by atoms with E-state index in [1.165, 1.54) is 6.26 Å². The van der Waals surface area contributed by atoms with Gasteiger partial charge in [0.1, 0.15) is 0 Å². The predicted molar refractivity (Wildman–Crippen MR) is 46.0 cm³/mol. The second-order valence-corrected chi connectivity index (χ2v) is 2.33.